The molecule has 2 unspecified atom stereocenters. The predicted octanol–water partition coefficient (Wildman–Crippen LogP) is 2.86. The van der Waals surface area contributed by atoms with Crippen LogP contribution < -0.4 is 5.32 Å². The number of rotatable bonds is 3. The molecule has 17 heavy (non-hydrogen) atoms. The Morgan fingerprint density at radius 3 is 2.76 bits per heavy atom. The molecule has 0 saturated heterocycles. The van der Waals surface area contributed by atoms with Gasteiger partial charge in [0.1, 0.15) is 0 Å². The Kier molecular flexibility index (Phi) is 4.00. The molecule has 1 N–H and O–H groups in total. The van der Waals surface area contributed by atoms with E-state index in [1.807, 2.05) is 0 Å². The van der Waals surface area contributed by atoms with E-state index in [2.05, 4.69) is 38.2 Å². The smallest absolute Gasteiger partial charge is 0.0536 e. The fraction of sp³-hybridized carbons (Fsp3) is 0.571. The normalized spacial score (nSPS) is 23.5. The summed E-state index contributed by atoms with van der Waals surface area (Å²) in [6, 6.07) is 4.63. The fourth-order valence-corrected chi connectivity index (χ4v) is 4.17. The Hall–Kier alpha value is -0.670. The summed E-state index contributed by atoms with van der Waals surface area (Å²) in [5, 5.41) is 3.58. The minimum Gasteiger partial charge on any atom is -0.310 e. The molecule has 0 aromatic heterocycles. The van der Waals surface area contributed by atoms with Crippen LogP contribution in [-0.4, -0.2) is 16.5 Å². The topological polar surface area (TPSA) is 29.1 Å². The van der Waals surface area contributed by atoms with Crippen molar-refractivity contribution in [3.63, 3.8) is 0 Å². The van der Waals surface area contributed by atoms with Crippen molar-refractivity contribution in [2.24, 2.45) is 0 Å². The summed E-state index contributed by atoms with van der Waals surface area (Å²) in [6.45, 7) is 7.40. The van der Waals surface area contributed by atoms with Gasteiger partial charge in [-0.05, 0) is 49.9 Å². The lowest BCUT2D eigenvalue weighted by molar-refractivity contribution is 0.501. The molecule has 0 radical (unpaired) electrons. The summed E-state index contributed by atoms with van der Waals surface area (Å²) in [6.07, 6.45) is 2.13. The average Bonchev–Trinajstić information content (AvgIpc) is 2.32. The molecule has 94 valence electrons. The maximum Gasteiger partial charge on any atom is 0.0536 e. The van der Waals surface area contributed by atoms with E-state index in [0.29, 0.717) is 6.04 Å². The van der Waals surface area contributed by atoms with Crippen molar-refractivity contribution in [3.8, 4) is 0 Å². The first kappa shape index (κ1) is 12.8. The monoisotopic (exact) mass is 251 g/mol. The van der Waals surface area contributed by atoms with E-state index in [4.69, 9.17) is 0 Å². The zero-order chi connectivity index (χ0) is 12.4. The molecule has 0 saturated carbocycles. The molecular formula is C14H21NOS. The van der Waals surface area contributed by atoms with Gasteiger partial charge in [0.25, 0.3) is 0 Å². The molecule has 1 heterocycles. The third kappa shape index (κ3) is 2.45. The van der Waals surface area contributed by atoms with Gasteiger partial charge in [0.2, 0.25) is 0 Å². The number of fused-ring (bicyclic) bond motifs is 1. The number of aryl methyl sites for hydroxylation is 2. The third-order valence-corrected chi connectivity index (χ3v) is 5.02. The molecule has 1 aromatic rings. The van der Waals surface area contributed by atoms with Gasteiger partial charge in [-0.25, -0.2) is 0 Å². The number of hydrogen-bond donors (Lipinski definition) is 1. The van der Waals surface area contributed by atoms with Gasteiger partial charge in [-0.3, -0.25) is 4.21 Å². The molecule has 0 spiro atoms. The zero-order valence-electron chi connectivity index (χ0n) is 10.9. The first-order valence-corrected chi connectivity index (χ1v) is 7.69. The highest BCUT2D eigenvalue weighted by Crippen LogP contribution is 2.34. The SMILES string of the molecule is CCCNC1CCS(=O)c2c(C)ccc(C)c21. The van der Waals surface area contributed by atoms with Crippen molar-refractivity contribution < 1.29 is 4.21 Å². The van der Waals surface area contributed by atoms with Crippen LogP contribution in [0.1, 0.15) is 42.5 Å². The van der Waals surface area contributed by atoms with Gasteiger partial charge in [0, 0.05) is 16.7 Å². The predicted molar refractivity (Wildman–Crippen MR) is 72.8 cm³/mol. The van der Waals surface area contributed by atoms with Crippen LogP contribution in [0.2, 0.25) is 0 Å². The van der Waals surface area contributed by atoms with Gasteiger partial charge >= 0.3 is 0 Å². The molecule has 1 aliphatic heterocycles. The second-order valence-corrected chi connectivity index (χ2v) is 6.29. The van der Waals surface area contributed by atoms with Crippen molar-refractivity contribution in [1.29, 1.82) is 0 Å². The Balaban J connectivity index is 2.43. The standard InChI is InChI=1S/C14H21NOS/c1-4-8-15-12-7-9-17(16)14-11(3)6-5-10(2)13(12)14/h5-6,12,15H,4,7-9H2,1-3H3. The van der Waals surface area contributed by atoms with Crippen LogP contribution in [-0.2, 0) is 10.8 Å². The van der Waals surface area contributed by atoms with Crippen LogP contribution in [0.15, 0.2) is 17.0 Å². The van der Waals surface area contributed by atoms with Gasteiger partial charge in [0.05, 0.1) is 10.8 Å². The van der Waals surface area contributed by atoms with Crippen LogP contribution in [0.25, 0.3) is 0 Å². The van der Waals surface area contributed by atoms with Crippen LogP contribution in [0, 0.1) is 13.8 Å². The number of nitrogens with one attached hydrogen (secondary N) is 1. The van der Waals surface area contributed by atoms with Crippen molar-refractivity contribution in [2.45, 2.75) is 44.6 Å². The Morgan fingerprint density at radius 2 is 2.06 bits per heavy atom. The minimum absolute atomic E-state index is 0.391. The highest BCUT2D eigenvalue weighted by Gasteiger charge is 2.27. The lowest BCUT2D eigenvalue weighted by Gasteiger charge is -2.28. The summed E-state index contributed by atoms with van der Waals surface area (Å²) in [5.74, 6) is 0.790. The summed E-state index contributed by atoms with van der Waals surface area (Å²) in [7, 11) is -0.803. The molecule has 2 rings (SSSR count). The maximum atomic E-state index is 12.2. The average molecular weight is 251 g/mol. The van der Waals surface area contributed by atoms with Gasteiger partial charge in [-0.15, -0.1) is 0 Å². The summed E-state index contributed by atoms with van der Waals surface area (Å²) >= 11 is 0. The largest absolute Gasteiger partial charge is 0.310 e. The Morgan fingerprint density at radius 1 is 1.35 bits per heavy atom. The van der Waals surface area contributed by atoms with E-state index in [9.17, 15) is 4.21 Å². The van der Waals surface area contributed by atoms with E-state index < -0.39 is 10.8 Å². The van der Waals surface area contributed by atoms with E-state index in [1.54, 1.807) is 0 Å². The van der Waals surface area contributed by atoms with Crippen LogP contribution >= 0.6 is 0 Å². The van der Waals surface area contributed by atoms with E-state index in [1.165, 1.54) is 16.7 Å². The first-order chi connectivity index (χ1) is 8.15. The third-order valence-electron chi connectivity index (χ3n) is 3.42. The zero-order valence-corrected chi connectivity index (χ0v) is 11.7. The molecule has 0 bridgehead atoms. The first-order valence-electron chi connectivity index (χ1n) is 6.37. The van der Waals surface area contributed by atoms with Crippen LogP contribution in [0.4, 0.5) is 0 Å². The Labute approximate surface area is 106 Å². The molecule has 0 aliphatic carbocycles. The van der Waals surface area contributed by atoms with Crippen molar-refractivity contribution in [1.82, 2.24) is 5.32 Å². The molecule has 0 amide bonds. The minimum atomic E-state index is -0.803. The van der Waals surface area contributed by atoms with Crippen molar-refractivity contribution >= 4 is 10.8 Å². The van der Waals surface area contributed by atoms with Crippen LogP contribution in [0.5, 0.6) is 0 Å². The van der Waals surface area contributed by atoms with Gasteiger partial charge in [-0.2, -0.15) is 0 Å². The van der Waals surface area contributed by atoms with Gasteiger partial charge < -0.3 is 5.32 Å². The van der Waals surface area contributed by atoms with Gasteiger partial charge in [0.15, 0.2) is 0 Å². The summed E-state index contributed by atoms with van der Waals surface area (Å²) in [5.41, 5.74) is 3.74. The molecule has 2 atom stereocenters. The maximum absolute atomic E-state index is 12.2. The van der Waals surface area contributed by atoms with E-state index in [-0.39, 0.29) is 0 Å². The molecular weight excluding hydrogens is 230 g/mol. The second-order valence-electron chi connectivity index (χ2n) is 4.79. The molecule has 2 nitrogen and oxygen atoms in total. The van der Waals surface area contributed by atoms with Gasteiger partial charge in [-0.1, -0.05) is 19.1 Å². The highest BCUT2D eigenvalue weighted by molar-refractivity contribution is 7.85. The molecule has 1 aliphatic rings. The number of benzene rings is 1. The quantitative estimate of drug-likeness (QED) is 0.895. The summed E-state index contributed by atoms with van der Waals surface area (Å²) in [4.78, 5) is 1.09. The molecule has 0 fully saturated rings. The second kappa shape index (κ2) is 5.32. The molecule has 3 heteroatoms. The van der Waals surface area contributed by atoms with E-state index >= 15 is 0 Å². The highest BCUT2D eigenvalue weighted by atomic mass is 32.2. The number of hydrogen-bond acceptors (Lipinski definition) is 2. The fourth-order valence-electron chi connectivity index (χ4n) is 2.54. The Bertz CT molecular complexity index is 442. The van der Waals surface area contributed by atoms with Crippen molar-refractivity contribution in [2.75, 3.05) is 12.3 Å². The van der Waals surface area contributed by atoms with Crippen molar-refractivity contribution in [3.05, 3.63) is 28.8 Å². The summed E-state index contributed by atoms with van der Waals surface area (Å²) < 4.78 is 12.2. The molecule has 1 aromatic carbocycles. The van der Waals surface area contributed by atoms with E-state index in [0.717, 1.165) is 30.0 Å². The van der Waals surface area contributed by atoms with Crippen LogP contribution in [0.3, 0.4) is 0 Å². The lowest BCUT2D eigenvalue weighted by atomic mass is 9.96. The lowest BCUT2D eigenvalue weighted by Crippen LogP contribution is -2.29.